The van der Waals surface area contributed by atoms with Gasteiger partial charge in [0.25, 0.3) is 0 Å². The van der Waals surface area contributed by atoms with Crippen molar-refractivity contribution in [3.63, 3.8) is 0 Å². The van der Waals surface area contributed by atoms with Crippen molar-refractivity contribution in [3.05, 3.63) is 41.0 Å². The van der Waals surface area contributed by atoms with E-state index in [0.717, 1.165) is 0 Å². The summed E-state index contributed by atoms with van der Waals surface area (Å²) in [5.74, 6) is -0.376. The third-order valence-corrected chi connectivity index (χ3v) is 2.48. The Bertz CT molecular complexity index is 592. The predicted octanol–water partition coefficient (Wildman–Crippen LogP) is 1.96. The highest BCUT2D eigenvalue weighted by Gasteiger charge is 2.03. The summed E-state index contributed by atoms with van der Waals surface area (Å²) in [6.07, 6.45) is 1.69. The number of methoxy groups -OCH3 is 1. The molecule has 1 aromatic rings. The summed E-state index contributed by atoms with van der Waals surface area (Å²) in [7, 11) is 1.33. The molecule has 0 heterocycles. The molecule has 1 N–H and O–H groups in total. The molecule has 0 fully saturated rings. The van der Waals surface area contributed by atoms with Gasteiger partial charge in [-0.2, -0.15) is 10.5 Å². The number of carbonyl (C=O) groups is 1. The van der Waals surface area contributed by atoms with Gasteiger partial charge in [-0.1, -0.05) is 6.08 Å². The Morgan fingerprint density at radius 2 is 2.05 bits per heavy atom. The second kappa shape index (κ2) is 6.83. The molecule has 1 aromatic carbocycles. The first-order valence-electron chi connectivity index (χ1n) is 5.55. The fourth-order valence-corrected chi connectivity index (χ4v) is 1.41. The summed E-state index contributed by atoms with van der Waals surface area (Å²) < 4.78 is 4.57. The SMILES string of the molecule is COC(=O)/C(C)=C/CNc1ccc(C#N)c(C#N)c1. The molecule has 0 saturated carbocycles. The van der Waals surface area contributed by atoms with Gasteiger partial charge in [0, 0.05) is 17.8 Å². The third kappa shape index (κ3) is 3.86. The Hall–Kier alpha value is -2.79. The van der Waals surface area contributed by atoms with E-state index in [2.05, 4.69) is 10.1 Å². The number of hydrogen-bond donors (Lipinski definition) is 1. The van der Waals surface area contributed by atoms with Crippen molar-refractivity contribution in [2.45, 2.75) is 6.92 Å². The molecule has 0 atom stereocenters. The van der Waals surface area contributed by atoms with Crippen molar-refractivity contribution >= 4 is 11.7 Å². The summed E-state index contributed by atoms with van der Waals surface area (Å²) >= 11 is 0. The van der Waals surface area contributed by atoms with E-state index in [1.165, 1.54) is 7.11 Å². The zero-order valence-corrected chi connectivity index (χ0v) is 10.7. The average molecular weight is 255 g/mol. The highest BCUT2D eigenvalue weighted by Crippen LogP contribution is 2.14. The number of anilines is 1. The molecule has 19 heavy (non-hydrogen) atoms. The molecule has 0 spiro atoms. The minimum absolute atomic E-state index is 0.321. The third-order valence-electron chi connectivity index (χ3n) is 2.48. The lowest BCUT2D eigenvalue weighted by atomic mass is 10.1. The van der Waals surface area contributed by atoms with E-state index >= 15 is 0 Å². The maximum Gasteiger partial charge on any atom is 0.333 e. The molecule has 0 amide bonds. The largest absolute Gasteiger partial charge is 0.466 e. The lowest BCUT2D eigenvalue weighted by Gasteiger charge is -2.05. The summed E-state index contributed by atoms with van der Waals surface area (Å²) in [4.78, 5) is 11.1. The van der Waals surface area contributed by atoms with E-state index in [9.17, 15) is 4.79 Å². The van der Waals surface area contributed by atoms with Crippen LogP contribution in [0, 0.1) is 22.7 Å². The van der Waals surface area contributed by atoms with Crippen LogP contribution < -0.4 is 5.32 Å². The highest BCUT2D eigenvalue weighted by molar-refractivity contribution is 5.87. The average Bonchev–Trinajstić information content (AvgIpc) is 2.45. The smallest absolute Gasteiger partial charge is 0.333 e. The summed E-state index contributed by atoms with van der Waals surface area (Å²) in [6.45, 7) is 2.09. The lowest BCUT2D eigenvalue weighted by Crippen LogP contribution is -2.05. The van der Waals surface area contributed by atoms with Crippen LogP contribution in [0.2, 0.25) is 0 Å². The van der Waals surface area contributed by atoms with Gasteiger partial charge in [-0.25, -0.2) is 4.79 Å². The molecule has 0 unspecified atom stereocenters. The topological polar surface area (TPSA) is 85.9 Å². The molecule has 0 bridgehead atoms. The number of rotatable bonds is 4. The number of nitrogens with one attached hydrogen (secondary N) is 1. The van der Waals surface area contributed by atoms with Crippen LogP contribution in [0.15, 0.2) is 29.8 Å². The first-order chi connectivity index (χ1) is 9.12. The Morgan fingerprint density at radius 1 is 1.37 bits per heavy atom. The number of benzene rings is 1. The molecule has 5 nitrogen and oxygen atoms in total. The van der Waals surface area contributed by atoms with Gasteiger partial charge in [0.05, 0.1) is 18.2 Å². The van der Waals surface area contributed by atoms with Crippen molar-refractivity contribution in [1.29, 1.82) is 10.5 Å². The quantitative estimate of drug-likeness (QED) is 0.656. The maximum absolute atomic E-state index is 11.1. The zero-order chi connectivity index (χ0) is 14.3. The molecular weight excluding hydrogens is 242 g/mol. The number of nitriles is 2. The molecule has 0 aromatic heterocycles. The molecule has 0 aliphatic carbocycles. The minimum Gasteiger partial charge on any atom is -0.466 e. The molecule has 0 aliphatic rings. The fraction of sp³-hybridized carbons (Fsp3) is 0.214. The van der Waals surface area contributed by atoms with Gasteiger partial charge in [0.2, 0.25) is 0 Å². The van der Waals surface area contributed by atoms with Gasteiger partial charge >= 0.3 is 5.97 Å². The molecule has 5 heteroatoms. The number of esters is 1. The number of ether oxygens (including phenoxy) is 1. The van der Waals surface area contributed by atoms with Gasteiger partial charge in [0.1, 0.15) is 12.1 Å². The van der Waals surface area contributed by atoms with Crippen LogP contribution in [0.4, 0.5) is 5.69 Å². The summed E-state index contributed by atoms with van der Waals surface area (Å²) in [5.41, 5.74) is 1.88. The fourth-order valence-electron chi connectivity index (χ4n) is 1.41. The molecule has 1 rings (SSSR count). The van der Waals surface area contributed by atoms with Crippen LogP contribution in [0.5, 0.6) is 0 Å². The molecule has 0 aliphatic heterocycles. The molecule has 0 radical (unpaired) electrons. The van der Waals surface area contributed by atoms with E-state index in [1.807, 2.05) is 12.1 Å². The first kappa shape index (κ1) is 14.3. The van der Waals surface area contributed by atoms with E-state index in [-0.39, 0.29) is 5.97 Å². The van der Waals surface area contributed by atoms with Crippen molar-refractivity contribution in [2.24, 2.45) is 0 Å². The number of carbonyl (C=O) groups excluding carboxylic acids is 1. The molecular formula is C14H13N3O2. The normalized spacial score (nSPS) is 10.2. The van der Waals surface area contributed by atoms with Gasteiger partial charge in [-0.05, 0) is 25.1 Å². The van der Waals surface area contributed by atoms with Crippen molar-refractivity contribution in [3.8, 4) is 12.1 Å². The molecule has 96 valence electrons. The highest BCUT2D eigenvalue weighted by atomic mass is 16.5. The summed E-state index contributed by atoms with van der Waals surface area (Å²) in [6, 6.07) is 8.80. The zero-order valence-electron chi connectivity index (χ0n) is 10.7. The summed E-state index contributed by atoms with van der Waals surface area (Å²) in [5, 5.41) is 20.7. The van der Waals surface area contributed by atoms with E-state index in [0.29, 0.717) is 28.9 Å². The van der Waals surface area contributed by atoms with Crippen molar-refractivity contribution < 1.29 is 9.53 Å². The Balaban J connectivity index is 2.73. The van der Waals surface area contributed by atoms with Gasteiger partial charge in [-0.15, -0.1) is 0 Å². The van der Waals surface area contributed by atoms with Crippen molar-refractivity contribution in [2.75, 3.05) is 19.0 Å². The maximum atomic E-state index is 11.1. The van der Waals surface area contributed by atoms with Crippen LogP contribution in [-0.4, -0.2) is 19.6 Å². The van der Waals surface area contributed by atoms with Crippen LogP contribution in [0.3, 0.4) is 0 Å². The monoisotopic (exact) mass is 255 g/mol. The van der Waals surface area contributed by atoms with Crippen LogP contribution in [-0.2, 0) is 9.53 Å². The first-order valence-corrected chi connectivity index (χ1v) is 5.55. The number of hydrogen-bond acceptors (Lipinski definition) is 5. The van der Waals surface area contributed by atoms with E-state index in [1.54, 1.807) is 31.2 Å². The van der Waals surface area contributed by atoms with Gasteiger partial charge < -0.3 is 10.1 Å². The standard InChI is InChI=1S/C14H13N3O2/c1-10(14(18)19-2)5-6-17-13-4-3-11(8-15)12(7-13)9-16/h3-5,7,17H,6H2,1-2H3/b10-5+. The second-order valence-electron chi connectivity index (χ2n) is 3.74. The van der Waals surface area contributed by atoms with Gasteiger partial charge in [0.15, 0.2) is 0 Å². The van der Waals surface area contributed by atoms with Crippen LogP contribution in [0.25, 0.3) is 0 Å². The van der Waals surface area contributed by atoms with Crippen LogP contribution >= 0.6 is 0 Å². The number of nitrogens with zero attached hydrogens (tertiary/aromatic N) is 2. The molecule has 0 saturated heterocycles. The Kier molecular flexibility index (Phi) is 5.13. The van der Waals surface area contributed by atoms with E-state index in [4.69, 9.17) is 10.5 Å². The predicted molar refractivity (Wildman–Crippen MR) is 70.1 cm³/mol. The van der Waals surface area contributed by atoms with Gasteiger partial charge in [-0.3, -0.25) is 0 Å². The van der Waals surface area contributed by atoms with E-state index < -0.39 is 0 Å². The minimum atomic E-state index is -0.376. The van der Waals surface area contributed by atoms with Crippen LogP contribution in [0.1, 0.15) is 18.1 Å². The lowest BCUT2D eigenvalue weighted by molar-refractivity contribution is -0.136. The van der Waals surface area contributed by atoms with Crippen molar-refractivity contribution in [1.82, 2.24) is 0 Å². The Morgan fingerprint density at radius 3 is 2.63 bits per heavy atom. The Labute approximate surface area is 111 Å². The second-order valence-corrected chi connectivity index (χ2v) is 3.74.